The number of hydrogen-bond acceptors (Lipinski definition) is 6. The predicted octanol–water partition coefficient (Wildman–Crippen LogP) is 3.72. The molecule has 0 aliphatic carbocycles. The van der Waals surface area contributed by atoms with Gasteiger partial charge in [0.2, 0.25) is 0 Å². The summed E-state index contributed by atoms with van der Waals surface area (Å²) in [5.41, 5.74) is 9.36. The van der Waals surface area contributed by atoms with Crippen LogP contribution in [-0.2, 0) is 22.4 Å². The SMILES string of the molecule is NCc1ccc(C(=O)Cc2ccncc2F)cc1-c1cccc(C(=O)OC2CCOC2)c1. The number of nitrogens with zero attached hydrogens (tertiary/aromatic N) is 1. The smallest absolute Gasteiger partial charge is 0.338 e. The summed E-state index contributed by atoms with van der Waals surface area (Å²) in [6.07, 6.45) is 2.92. The topological polar surface area (TPSA) is 91.5 Å². The molecule has 0 bridgehead atoms. The van der Waals surface area contributed by atoms with E-state index in [0.29, 0.717) is 30.8 Å². The van der Waals surface area contributed by atoms with Gasteiger partial charge in [-0.05, 0) is 46.5 Å². The Morgan fingerprint density at radius 3 is 2.75 bits per heavy atom. The molecule has 1 aliphatic rings. The van der Waals surface area contributed by atoms with Gasteiger partial charge in [0, 0.05) is 31.1 Å². The number of esters is 1. The summed E-state index contributed by atoms with van der Waals surface area (Å²) in [6, 6.07) is 13.7. The van der Waals surface area contributed by atoms with E-state index in [1.165, 1.54) is 12.3 Å². The Bertz CT molecular complexity index is 1140. The van der Waals surface area contributed by atoms with Crippen LogP contribution >= 0.6 is 0 Å². The highest BCUT2D eigenvalue weighted by Gasteiger charge is 2.21. The van der Waals surface area contributed by atoms with E-state index in [1.807, 2.05) is 6.07 Å². The number of carbonyl (C=O) groups is 2. The molecule has 2 heterocycles. The zero-order valence-corrected chi connectivity index (χ0v) is 17.4. The first-order valence-electron chi connectivity index (χ1n) is 10.4. The van der Waals surface area contributed by atoms with Gasteiger partial charge >= 0.3 is 5.97 Å². The molecule has 7 heteroatoms. The molecule has 0 saturated carbocycles. The number of ketones is 1. The third-order valence-corrected chi connectivity index (χ3v) is 5.43. The van der Waals surface area contributed by atoms with E-state index in [4.69, 9.17) is 15.2 Å². The number of benzene rings is 2. The van der Waals surface area contributed by atoms with Crippen LogP contribution < -0.4 is 5.73 Å². The van der Waals surface area contributed by atoms with E-state index >= 15 is 0 Å². The molecular formula is C25H23FN2O4. The van der Waals surface area contributed by atoms with Crippen molar-refractivity contribution in [1.29, 1.82) is 0 Å². The standard InChI is InChI=1S/C25H23FN2O4/c26-23-14-28-8-6-17(23)12-24(29)18-4-5-20(13-27)22(11-18)16-2-1-3-19(10-16)25(30)32-21-7-9-31-15-21/h1-6,8,10-11,14,21H,7,9,12-13,15,27H2. The minimum absolute atomic E-state index is 0.0778. The average molecular weight is 434 g/mol. The van der Waals surface area contributed by atoms with Gasteiger partial charge in [0.25, 0.3) is 0 Å². The Labute approximate surface area is 185 Å². The molecule has 0 radical (unpaired) electrons. The molecule has 1 aliphatic heterocycles. The van der Waals surface area contributed by atoms with Crippen molar-refractivity contribution in [2.24, 2.45) is 5.73 Å². The maximum Gasteiger partial charge on any atom is 0.338 e. The average Bonchev–Trinajstić information content (AvgIpc) is 3.33. The number of aromatic nitrogens is 1. The summed E-state index contributed by atoms with van der Waals surface area (Å²) in [5.74, 6) is -1.16. The molecule has 2 aromatic carbocycles. The van der Waals surface area contributed by atoms with Gasteiger partial charge in [-0.1, -0.05) is 24.3 Å². The third kappa shape index (κ3) is 4.90. The minimum atomic E-state index is -0.515. The van der Waals surface area contributed by atoms with Gasteiger partial charge in [0.1, 0.15) is 11.9 Å². The first-order valence-corrected chi connectivity index (χ1v) is 10.4. The second-order valence-corrected chi connectivity index (χ2v) is 7.61. The van der Waals surface area contributed by atoms with Gasteiger partial charge in [-0.25, -0.2) is 9.18 Å². The molecule has 6 nitrogen and oxygen atoms in total. The second kappa shape index (κ2) is 9.80. The van der Waals surface area contributed by atoms with Crippen molar-refractivity contribution in [2.75, 3.05) is 13.2 Å². The van der Waals surface area contributed by atoms with Gasteiger partial charge in [-0.2, -0.15) is 0 Å². The van der Waals surface area contributed by atoms with Crippen LogP contribution in [0, 0.1) is 5.82 Å². The predicted molar refractivity (Wildman–Crippen MR) is 117 cm³/mol. The molecule has 3 aromatic rings. The van der Waals surface area contributed by atoms with Crippen LogP contribution in [0.25, 0.3) is 11.1 Å². The molecule has 0 spiro atoms. The first kappa shape index (κ1) is 21.8. The Kier molecular flexibility index (Phi) is 6.68. The van der Waals surface area contributed by atoms with Crippen LogP contribution in [0.5, 0.6) is 0 Å². The van der Waals surface area contributed by atoms with Gasteiger partial charge < -0.3 is 15.2 Å². The molecule has 1 unspecified atom stereocenters. The maximum absolute atomic E-state index is 13.9. The highest BCUT2D eigenvalue weighted by atomic mass is 19.1. The van der Waals surface area contributed by atoms with E-state index in [9.17, 15) is 14.0 Å². The molecule has 0 amide bonds. The van der Waals surface area contributed by atoms with E-state index in [2.05, 4.69) is 4.98 Å². The fourth-order valence-electron chi connectivity index (χ4n) is 3.66. The number of carbonyl (C=O) groups excluding carboxylic acids is 2. The molecule has 1 fully saturated rings. The summed E-state index contributed by atoms with van der Waals surface area (Å²) in [6.45, 7) is 1.25. The minimum Gasteiger partial charge on any atom is -0.456 e. The lowest BCUT2D eigenvalue weighted by molar-refractivity contribution is 0.0270. The summed E-state index contributed by atoms with van der Waals surface area (Å²) < 4.78 is 24.7. The van der Waals surface area contributed by atoms with E-state index < -0.39 is 11.8 Å². The van der Waals surface area contributed by atoms with Crippen molar-refractivity contribution < 1.29 is 23.5 Å². The quantitative estimate of drug-likeness (QED) is 0.450. The van der Waals surface area contributed by atoms with Crippen LogP contribution in [0.4, 0.5) is 4.39 Å². The number of hydrogen-bond donors (Lipinski definition) is 1. The first-order chi connectivity index (χ1) is 15.5. The van der Waals surface area contributed by atoms with Crippen molar-refractivity contribution >= 4 is 11.8 Å². The number of Topliss-reactive ketones (excluding diaryl/α,β-unsaturated/α-hetero) is 1. The van der Waals surface area contributed by atoms with Gasteiger partial charge in [-0.15, -0.1) is 0 Å². The monoisotopic (exact) mass is 434 g/mol. The Morgan fingerprint density at radius 1 is 1.12 bits per heavy atom. The number of ether oxygens (including phenoxy) is 2. The maximum atomic E-state index is 13.9. The van der Waals surface area contributed by atoms with Crippen LogP contribution in [0.1, 0.15) is 38.3 Å². The molecular weight excluding hydrogens is 411 g/mol. The zero-order chi connectivity index (χ0) is 22.5. The Hall–Kier alpha value is -3.42. The van der Waals surface area contributed by atoms with Crippen molar-refractivity contribution in [2.45, 2.75) is 25.5 Å². The molecule has 164 valence electrons. The summed E-state index contributed by atoms with van der Waals surface area (Å²) in [4.78, 5) is 29.1. The molecule has 1 saturated heterocycles. The molecule has 1 aromatic heterocycles. The second-order valence-electron chi connectivity index (χ2n) is 7.61. The largest absolute Gasteiger partial charge is 0.456 e. The van der Waals surface area contributed by atoms with Crippen LogP contribution in [0.2, 0.25) is 0 Å². The molecule has 2 N–H and O–H groups in total. The molecule has 4 rings (SSSR count). The van der Waals surface area contributed by atoms with E-state index in [0.717, 1.165) is 22.9 Å². The van der Waals surface area contributed by atoms with Crippen molar-refractivity contribution in [3.8, 4) is 11.1 Å². The Morgan fingerprint density at radius 2 is 2.00 bits per heavy atom. The highest BCUT2D eigenvalue weighted by molar-refractivity contribution is 5.99. The van der Waals surface area contributed by atoms with Crippen molar-refractivity contribution in [1.82, 2.24) is 4.98 Å². The lowest BCUT2D eigenvalue weighted by Crippen LogP contribution is -2.18. The Balaban J connectivity index is 1.60. The normalized spacial score (nSPS) is 15.5. The molecule has 32 heavy (non-hydrogen) atoms. The highest BCUT2D eigenvalue weighted by Crippen LogP contribution is 2.27. The van der Waals surface area contributed by atoms with Gasteiger partial charge in [-0.3, -0.25) is 9.78 Å². The number of nitrogens with two attached hydrogens (primary N) is 1. The fraction of sp³-hybridized carbons (Fsp3) is 0.240. The van der Waals surface area contributed by atoms with Gasteiger partial charge in [0.15, 0.2) is 5.78 Å². The fourth-order valence-corrected chi connectivity index (χ4v) is 3.66. The lowest BCUT2D eigenvalue weighted by Gasteiger charge is -2.13. The number of halogens is 1. The van der Waals surface area contributed by atoms with Crippen LogP contribution in [0.3, 0.4) is 0 Å². The van der Waals surface area contributed by atoms with Crippen LogP contribution in [-0.4, -0.2) is 36.1 Å². The number of rotatable bonds is 7. The zero-order valence-electron chi connectivity index (χ0n) is 17.4. The van der Waals surface area contributed by atoms with Crippen molar-refractivity contribution in [3.05, 3.63) is 89.0 Å². The van der Waals surface area contributed by atoms with E-state index in [1.54, 1.807) is 36.4 Å². The summed E-state index contributed by atoms with van der Waals surface area (Å²) in [7, 11) is 0. The summed E-state index contributed by atoms with van der Waals surface area (Å²) in [5, 5.41) is 0. The molecule has 1 atom stereocenters. The van der Waals surface area contributed by atoms with Crippen LogP contribution in [0.15, 0.2) is 60.9 Å². The summed E-state index contributed by atoms with van der Waals surface area (Å²) >= 11 is 0. The number of pyridine rings is 1. The lowest BCUT2D eigenvalue weighted by atomic mass is 9.93. The third-order valence-electron chi connectivity index (χ3n) is 5.43. The van der Waals surface area contributed by atoms with E-state index in [-0.39, 0.29) is 30.4 Å². The van der Waals surface area contributed by atoms with Gasteiger partial charge in [0.05, 0.1) is 25.0 Å². The van der Waals surface area contributed by atoms with Crippen molar-refractivity contribution in [3.63, 3.8) is 0 Å².